The summed E-state index contributed by atoms with van der Waals surface area (Å²) in [5.41, 5.74) is 5.27. The quantitative estimate of drug-likeness (QED) is 0.0334. The third-order valence-corrected chi connectivity index (χ3v) is 16.7. The number of ketones is 3. The highest BCUT2D eigenvalue weighted by molar-refractivity contribution is 6.35. The number of anilines is 2. The summed E-state index contributed by atoms with van der Waals surface area (Å²) in [5, 5.41) is 20.3. The highest BCUT2D eigenvalue weighted by Gasteiger charge is 2.64. The molecule has 2 aromatic carbocycles. The number of benzene rings is 2. The van der Waals surface area contributed by atoms with Crippen LogP contribution in [0.25, 0.3) is 0 Å². The molecule has 5 rings (SSSR count). The second-order valence-corrected chi connectivity index (χ2v) is 23.3. The average Bonchev–Trinajstić information content (AvgIpc) is 4.27. The van der Waals surface area contributed by atoms with Crippen molar-refractivity contribution in [2.24, 2.45) is 29.4 Å². The number of allylic oxidation sites excluding steroid dienone is 3. The van der Waals surface area contributed by atoms with Crippen LogP contribution in [0, 0.1) is 23.7 Å². The lowest BCUT2D eigenvalue weighted by Crippen LogP contribution is -2.53. The molecule has 0 aliphatic carbocycles. The molecule has 3 aliphatic rings. The molecule has 0 aromatic heterocycles. The Kier molecular flexibility index (Phi) is 25.2. The van der Waals surface area contributed by atoms with Gasteiger partial charge in [0.15, 0.2) is 5.78 Å². The Morgan fingerprint density at radius 2 is 1.65 bits per heavy atom. The van der Waals surface area contributed by atoms with Gasteiger partial charge in [0.2, 0.25) is 11.8 Å². The number of urea groups is 1. The van der Waals surface area contributed by atoms with E-state index in [1.54, 1.807) is 69.4 Å². The zero-order valence-corrected chi connectivity index (χ0v) is 50.3. The SMILES string of the molecule is CCC(CC)C(=O)CCCCCCC(=O)C[C@H](C(=O)N[C@@H](CCCNC(N)=O)C(=O)Cc1ccc(NC(=O)O[C@H]2CC(=O)N(C)c3cc(cc(OC)c3Cl)C/C(C)=C/C=C/[C@@H](OC)[C@]3(O)CC(=O)O[C@@H](C3)[C@@H](C)[C@@H]3O[C@@]23C)cc1)C(C)C. The predicted octanol–water partition coefficient (Wildman–Crippen LogP) is 9.24. The minimum Gasteiger partial charge on any atom is -0.495 e. The first-order valence-electron chi connectivity index (χ1n) is 28.9. The van der Waals surface area contributed by atoms with Crippen molar-refractivity contribution >= 4 is 70.2 Å². The van der Waals surface area contributed by atoms with Crippen LogP contribution in [0.15, 0.2) is 60.2 Å². The number of aliphatic hydroxyl groups is 1. The number of unbranched alkanes of at least 4 members (excludes halogenated alkanes) is 3. The summed E-state index contributed by atoms with van der Waals surface area (Å²) in [6, 6.07) is 8.32. The second-order valence-electron chi connectivity index (χ2n) is 23.0. The molecule has 2 aromatic rings. The summed E-state index contributed by atoms with van der Waals surface area (Å²) >= 11 is 6.84. The molecule has 6 N–H and O–H groups in total. The van der Waals surface area contributed by atoms with Gasteiger partial charge in [0.05, 0.1) is 37.8 Å². The predicted molar refractivity (Wildman–Crippen MR) is 312 cm³/mol. The summed E-state index contributed by atoms with van der Waals surface area (Å²) in [6.45, 7) is 13.4. The van der Waals surface area contributed by atoms with E-state index in [0.29, 0.717) is 60.6 Å². The number of methoxy groups -OCH3 is 2. The lowest BCUT2D eigenvalue weighted by Gasteiger charge is -2.41. The molecule has 2 fully saturated rings. The van der Waals surface area contributed by atoms with Crippen molar-refractivity contribution in [1.82, 2.24) is 10.6 Å². The van der Waals surface area contributed by atoms with E-state index in [2.05, 4.69) is 16.0 Å². The van der Waals surface area contributed by atoms with Gasteiger partial charge in [0.1, 0.15) is 51.9 Å². The van der Waals surface area contributed by atoms with Gasteiger partial charge in [0, 0.05) is 76.2 Å². The number of amides is 5. The van der Waals surface area contributed by atoms with Crippen LogP contribution in [0.5, 0.6) is 5.75 Å². The van der Waals surface area contributed by atoms with E-state index >= 15 is 0 Å². The second kappa shape index (κ2) is 30.9. The Balaban J connectivity index is 1.29. The van der Waals surface area contributed by atoms with Gasteiger partial charge in [-0.05, 0) is 100 Å². The van der Waals surface area contributed by atoms with Crippen LogP contribution < -0.4 is 31.3 Å². The van der Waals surface area contributed by atoms with Gasteiger partial charge in [-0.2, -0.15) is 0 Å². The summed E-state index contributed by atoms with van der Waals surface area (Å²) in [4.78, 5) is 108. The van der Waals surface area contributed by atoms with Gasteiger partial charge in [0.25, 0.3) is 0 Å². The number of carbonyl (C=O) groups excluding carboxylic acids is 8. The lowest BCUT2D eigenvalue weighted by atomic mass is 9.78. The van der Waals surface area contributed by atoms with E-state index in [4.69, 9.17) is 41.0 Å². The Bertz CT molecular complexity index is 2640. The average molecular weight is 1160 g/mol. The number of fused-ring (bicyclic) bond motifs is 5. The highest BCUT2D eigenvalue weighted by Crippen LogP contribution is 2.50. The van der Waals surface area contributed by atoms with Crippen LogP contribution in [0.1, 0.15) is 149 Å². The number of hydrogen-bond donors (Lipinski definition) is 5. The number of nitrogens with two attached hydrogens (primary N) is 1. The Morgan fingerprint density at radius 1 is 0.963 bits per heavy atom. The lowest BCUT2D eigenvalue weighted by molar-refractivity contribution is -0.187. The van der Waals surface area contributed by atoms with Crippen LogP contribution in [0.3, 0.4) is 0 Å². The first kappa shape index (κ1) is 66.6. The van der Waals surface area contributed by atoms with Crippen LogP contribution in [-0.4, -0.2) is 122 Å². The normalized spacial score (nSPS) is 24.7. The van der Waals surface area contributed by atoms with Gasteiger partial charge in [-0.3, -0.25) is 34.1 Å². The molecule has 0 radical (unpaired) electrons. The molecule has 4 bridgehead atoms. The molecule has 5 amide bonds. The van der Waals surface area contributed by atoms with Gasteiger partial charge in [-0.25, -0.2) is 9.59 Å². The van der Waals surface area contributed by atoms with E-state index in [-0.39, 0.29) is 73.5 Å². The summed E-state index contributed by atoms with van der Waals surface area (Å²) < 4.78 is 29.6. The highest BCUT2D eigenvalue weighted by atomic mass is 35.5. The molecule has 82 heavy (non-hydrogen) atoms. The Hall–Kier alpha value is -6.15. The van der Waals surface area contributed by atoms with Crippen molar-refractivity contribution in [1.29, 1.82) is 0 Å². The van der Waals surface area contributed by atoms with Gasteiger partial charge in [-0.1, -0.05) is 95.0 Å². The van der Waals surface area contributed by atoms with Crippen molar-refractivity contribution in [2.75, 3.05) is 38.0 Å². The van der Waals surface area contributed by atoms with Gasteiger partial charge in [-0.15, -0.1) is 0 Å². The number of nitrogens with zero attached hydrogens (tertiary/aromatic N) is 1. The number of Topliss-reactive ketones (excluding diaryl/α,β-unsaturated/α-hetero) is 3. The molecule has 0 spiro atoms. The van der Waals surface area contributed by atoms with Crippen LogP contribution >= 0.6 is 11.6 Å². The molecule has 3 heterocycles. The first-order valence-corrected chi connectivity index (χ1v) is 29.3. The number of nitrogens with one attached hydrogen (secondary N) is 3. The topological polar surface area (TPSA) is 272 Å². The summed E-state index contributed by atoms with van der Waals surface area (Å²) in [5.74, 6) is -2.58. The molecular weight excluding hydrogens is 1070 g/mol. The maximum absolute atomic E-state index is 14.4. The molecule has 3 aliphatic heterocycles. The molecule has 19 nitrogen and oxygen atoms in total. The molecule has 20 heteroatoms. The number of esters is 1. The smallest absolute Gasteiger partial charge is 0.412 e. The number of halogens is 1. The number of primary amides is 1. The zero-order chi connectivity index (χ0) is 60.5. The van der Waals surface area contributed by atoms with Crippen LogP contribution in [-0.2, 0) is 60.6 Å². The number of carbonyl (C=O) groups is 8. The van der Waals surface area contributed by atoms with E-state index in [9.17, 15) is 43.5 Å². The Morgan fingerprint density at radius 3 is 2.28 bits per heavy atom. The molecule has 9 atom stereocenters. The Labute approximate surface area is 488 Å². The minimum atomic E-state index is -1.63. The van der Waals surface area contributed by atoms with Crippen molar-refractivity contribution in [3.05, 3.63) is 76.3 Å². The van der Waals surface area contributed by atoms with E-state index in [1.807, 2.05) is 40.7 Å². The third-order valence-electron chi connectivity index (χ3n) is 16.4. The molecular formula is C62H88ClN5O14. The zero-order valence-electron chi connectivity index (χ0n) is 49.6. The maximum Gasteiger partial charge on any atom is 0.412 e. The van der Waals surface area contributed by atoms with Crippen molar-refractivity contribution in [3.63, 3.8) is 0 Å². The molecule has 0 unspecified atom stereocenters. The number of ether oxygens (including phenoxy) is 5. The maximum atomic E-state index is 14.4. The molecule has 0 saturated carbocycles. The fraction of sp³-hybridized carbons (Fsp3) is 0.613. The largest absolute Gasteiger partial charge is 0.495 e. The molecule has 452 valence electrons. The van der Waals surface area contributed by atoms with Crippen molar-refractivity contribution in [3.8, 4) is 5.75 Å². The number of hydrogen-bond acceptors (Lipinski definition) is 14. The standard InChI is InChI=1S/C62H88ClN5O14/c1-11-42(12-2)48(70)22-16-14-13-15-20-44(69)33-45(37(3)4)58(74)67-46(21-18-28-65-59(64)75)49(71)31-40-24-26-43(27-25-40)66-60(76)81-53-34-54(72)68(8)47-30-41(32-50(78-9)56(47)63)29-38(5)19-17-23-52(79-10)62(77)35-51(80-55(73)36-62)39(6)57-61(53,7)82-57/h17,19,23-27,30,32,37,39,42,45-46,51-53,57,77H,11-16,18,20-22,28-29,31,33-36H2,1-10H3,(H,66,76)(H,67,74)(H3,64,65,75)/b23-17+,38-19+/t39-,45+,46+,51+,52-,53+,57+,61+,62-/m1/s1. The first-order chi connectivity index (χ1) is 38.9. The van der Waals surface area contributed by atoms with Gasteiger partial charge >= 0.3 is 18.1 Å². The summed E-state index contributed by atoms with van der Waals surface area (Å²) in [7, 11) is 4.49. The van der Waals surface area contributed by atoms with Crippen LogP contribution in [0.4, 0.5) is 21.0 Å². The van der Waals surface area contributed by atoms with E-state index in [0.717, 1.165) is 43.2 Å². The van der Waals surface area contributed by atoms with E-state index in [1.165, 1.54) is 19.1 Å². The van der Waals surface area contributed by atoms with Crippen molar-refractivity contribution in [2.45, 2.75) is 193 Å². The fourth-order valence-electron chi connectivity index (χ4n) is 11.2. The van der Waals surface area contributed by atoms with E-state index < -0.39 is 83.4 Å². The monoisotopic (exact) mass is 1160 g/mol. The number of epoxide rings is 1. The third kappa shape index (κ3) is 18.7. The minimum absolute atomic E-state index is 0.0115. The van der Waals surface area contributed by atoms with Crippen LogP contribution in [0.2, 0.25) is 5.02 Å². The summed E-state index contributed by atoms with van der Waals surface area (Å²) in [6.07, 6.45) is 6.60. The van der Waals surface area contributed by atoms with Gasteiger partial charge < -0.3 is 50.1 Å². The molecule has 2 saturated heterocycles. The van der Waals surface area contributed by atoms with Crippen molar-refractivity contribution < 1.29 is 67.1 Å². The number of rotatable bonds is 26. The fourth-order valence-corrected chi connectivity index (χ4v) is 11.5.